The van der Waals surface area contributed by atoms with Crippen molar-refractivity contribution in [2.24, 2.45) is 0 Å². The number of carbonyl (C=O) groups excluding carboxylic acids is 1. The number of hydrogen-bond acceptors (Lipinski definition) is 2. The first-order chi connectivity index (χ1) is 10.3. The summed E-state index contributed by atoms with van der Waals surface area (Å²) in [6, 6.07) is 19.3. The molecule has 1 heterocycles. The van der Waals surface area contributed by atoms with E-state index in [0.717, 1.165) is 16.5 Å². The van der Waals surface area contributed by atoms with Crippen molar-refractivity contribution in [3.05, 3.63) is 78.0 Å². The summed E-state index contributed by atoms with van der Waals surface area (Å²) in [5.41, 5.74) is 2.57. The molecule has 3 nitrogen and oxygen atoms in total. The maximum Gasteiger partial charge on any atom is 0.252 e. The van der Waals surface area contributed by atoms with Crippen molar-refractivity contribution >= 4 is 16.8 Å². The largest absolute Gasteiger partial charge is 0.345 e. The number of benzene rings is 2. The second-order valence-corrected chi connectivity index (χ2v) is 4.98. The summed E-state index contributed by atoms with van der Waals surface area (Å²) in [7, 11) is 0. The highest BCUT2D eigenvalue weighted by Crippen LogP contribution is 2.18. The van der Waals surface area contributed by atoms with Crippen LogP contribution in [0.2, 0.25) is 0 Å². The third-order valence-electron chi connectivity index (χ3n) is 3.54. The molecule has 0 fully saturated rings. The highest BCUT2D eigenvalue weighted by atomic mass is 16.1. The van der Waals surface area contributed by atoms with Gasteiger partial charge in [-0.25, -0.2) is 0 Å². The van der Waals surface area contributed by atoms with E-state index >= 15 is 0 Å². The number of aromatic nitrogens is 1. The van der Waals surface area contributed by atoms with Crippen LogP contribution in [0.3, 0.4) is 0 Å². The normalized spacial score (nSPS) is 12.0. The Morgan fingerprint density at radius 2 is 1.71 bits per heavy atom. The summed E-state index contributed by atoms with van der Waals surface area (Å²) in [4.78, 5) is 16.8. The molecule has 0 unspecified atom stereocenters. The van der Waals surface area contributed by atoms with Gasteiger partial charge in [-0.15, -0.1) is 0 Å². The smallest absolute Gasteiger partial charge is 0.252 e. The van der Waals surface area contributed by atoms with E-state index in [-0.39, 0.29) is 11.9 Å². The first kappa shape index (κ1) is 13.3. The molecule has 1 amide bonds. The number of rotatable bonds is 3. The fraction of sp³-hybridized carbons (Fsp3) is 0.111. The number of fused-ring (bicyclic) bond motifs is 1. The molecule has 0 aliphatic rings. The van der Waals surface area contributed by atoms with Crippen molar-refractivity contribution in [1.29, 1.82) is 0 Å². The molecule has 1 N–H and O–H groups in total. The zero-order chi connectivity index (χ0) is 14.7. The van der Waals surface area contributed by atoms with Gasteiger partial charge in [0.1, 0.15) is 0 Å². The molecule has 0 radical (unpaired) electrons. The van der Waals surface area contributed by atoms with Crippen LogP contribution in [0, 0.1) is 0 Å². The molecule has 0 bridgehead atoms. The molecule has 0 saturated heterocycles. The van der Waals surface area contributed by atoms with Crippen LogP contribution in [0.25, 0.3) is 10.9 Å². The summed E-state index contributed by atoms with van der Waals surface area (Å²) in [5.74, 6) is -0.0787. The first-order valence-electron chi connectivity index (χ1n) is 6.95. The molecule has 21 heavy (non-hydrogen) atoms. The summed E-state index contributed by atoms with van der Waals surface area (Å²) in [6.45, 7) is 1.98. The lowest BCUT2D eigenvalue weighted by molar-refractivity contribution is 0.0941. The third kappa shape index (κ3) is 2.77. The molecule has 3 heteroatoms. The van der Waals surface area contributed by atoms with Crippen molar-refractivity contribution in [2.45, 2.75) is 13.0 Å². The summed E-state index contributed by atoms with van der Waals surface area (Å²) >= 11 is 0. The number of amides is 1. The average molecular weight is 276 g/mol. The molecule has 0 aliphatic heterocycles. The third-order valence-corrected chi connectivity index (χ3v) is 3.54. The Morgan fingerprint density at radius 3 is 2.52 bits per heavy atom. The molecule has 3 aromatic rings. The Kier molecular flexibility index (Phi) is 3.65. The minimum absolute atomic E-state index is 0.0365. The molecular weight excluding hydrogens is 260 g/mol. The van der Waals surface area contributed by atoms with E-state index in [1.54, 1.807) is 12.3 Å². The summed E-state index contributed by atoms with van der Waals surface area (Å²) < 4.78 is 0. The van der Waals surface area contributed by atoms with Crippen LogP contribution in [0.5, 0.6) is 0 Å². The average Bonchev–Trinajstić information content (AvgIpc) is 2.55. The van der Waals surface area contributed by atoms with E-state index < -0.39 is 0 Å². The fourth-order valence-corrected chi connectivity index (χ4v) is 2.39. The van der Waals surface area contributed by atoms with Crippen molar-refractivity contribution in [1.82, 2.24) is 10.3 Å². The van der Waals surface area contributed by atoms with Crippen molar-refractivity contribution < 1.29 is 4.79 Å². The van der Waals surface area contributed by atoms with E-state index in [0.29, 0.717) is 5.56 Å². The SMILES string of the molecule is C[C@H](NC(=O)c1ccnc2ccccc12)c1ccccc1. The zero-order valence-corrected chi connectivity index (χ0v) is 11.8. The number of nitrogens with zero attached hydrogens (tertiary/aromatic N) is 1. The van der Waals surface area contributed by atoms with Gasteiger partial charge in [0.25, 0.3) is 5.91 Å². The Balaban J connectivity index is 1.88. The van der Waals surface area contributed by atoms with Crippen LogP contribution in [0.1, 0.15) is 28.9 Å². The van der Waals surface area contributed by atoms with Crippen molar-refractivity contribution in [3.8, 4) is 0 Å². The maximum atomic E-state index is 12.5. The molecule has 1 aromatic heterocycles. The standard InChI is InChI=1S/C18H16N2O/c1-13(14-7-3-2-4-8-14)20-18(21)16-11-12-19-17-10-6-5-9-15(16)17/h2-13H,1H3,(H,20,21)/t13-/m0/s1. The Hall–Kier alpha value is -2.68. The van der Waals surface area contributed by atoms with Gasteiger partial charge >= 0.3 is 0 Å². The zero-order valence-electron chi connectivity index (χ0n) is 11.8. The van der Waals surface area contributed by atoms with Gasteiger partial charge in [-0.1, -0.05) is 48.5 Å². The summed E-state index contributed by atoms with van der Waals surface area (Å²) in [6.07, 6.45) is 1.67. The van der Waals surface area contributed by atoms with Gasteiger partial charge in [-0.2, -0.15) is 0 Å². The number of pyridine rings is 1. The minimum Gasteiger partial charge on any atom is -0.345 e. The molecule has 0 saturated carbocycles. The highest BCUT2D eigenvalue weighted by Gasteiger charge is 2.13. The van der Waals surface area contributed by atoms with Crippen LogP contribution in [0.4, 0.5) is 0 Å². The Bertz CT molecular complexity index is 763. The second-order valence-electron chi connectivity index (χ2n) is 4.98. The van der Waals surface area contributed by atoms with Crippen LogP contribution in [-0.4, -0.2) is 10.9 Å². The number of nitrogens with one attached hydrogen (secondary N) is 1. The van der Waals surface area contributed by atoms with E-state index in [2.05, 4.69) is 10.3 Å². The molecule has 1 atom stereocenters. The van der Waals surface area contributed by atoms with Crippen molar-refractivity contribution in [2.75, 3.05) is 0 Å². The minimum atomic E-state index is -0.0787. The van der Waals surface area contributed by atoms with Gasteiger partial charge in [0, 0.05) is 11.6 Å². The van der Waals surface area contributed by atoms with Crippen LogP contribution >= 0.6 is 0 Å². The van der Waals surface area contributed by atoms with Gasteiger partial charge in [0.2, 0.25) is 0 Å². The van der Waals surface area contributed by atoms with E-state index in [1.807, 2.05) is 61.5 Å². The van der Waals surface area contributed by atoms with Gasteiger partial charge in [-0.05, 0) is 24.6 Å². The lowest BCUT2D eigenvalue weighted by atomic mass is 10.1. The molecule has 3 rings (SSSR count). The molecular formula is C18H16N2O. The van der Waals surface area contributed by atoms with Crippen LogP contribution < -0.4 is 5.32 Å². The van der Waals surface area contributed by atoms with Gasteiger partial charge in [-0.3, -0.25) is 9.78 Å². The van der Waals surface area contributed by atoms with Gasteiger partial charge in [0.05, 0.1) is 17.1 Å². The molecule has 0 aliphatic carbocycles. The second kappa shape index (κ2) is 5.75. The predicted octanol–water partition coefficient (Wildman–Crippen LogP) is 3.73. The van der Waals surface area contributed by atoms with Crippen molar-refractivity contribution in [3.63, 3.8) is 0 Å². The summed E-state index contributed by atoms with van der Waals surface area (Å²) in [5, 5.41) is 3.91. The van der Waals surface area contributed by atoms with Gasteiger partial charge < -0.3 is 5.32 Å². The molecule has 0 spiro atoms. The van der Waals surface area contributed by atoms with Crippen LogP contribution in [0.15, 0.2) is 66.9 Å². The lowest BCUT2D eigenvalue weighted by Crippen LogP contribution is -2.26. The Morgan fingerprint density at radius 1 is 1.00 bits per heavy atom. The fourth-order valence-electron chi connectivity index (χ4n) is 2.39. The number of para-hydroxylation sites is 1. The topological polar surface area (TPSA) is 42.0 Å². The van der Waals surface area contributed by atoms with E-state index in [1.165, 1.54) is 0 Å². The first-order valence-corrected chi connectivity index (χ1v) is 6.95. The molecule has 2 aromatic carbocycles. The van der Waals surface area contributed by atoms with E-state index in [4.69, 9.17) is 0 Å². The Labute approximate surface area is 123 Å². The monoisotopic (exact) mass is 276 g/mol. The predicted molar refractivity (Wildman–Crippen MR) is 84.1 cm³/mol. The number of carbonyl (C=O) groups is 1. The number of hydrogen-bond donors (Lipinski definition) is 1. The quantitative estimate of drug-likeness (QED) is 0.792. The van der Waals surface area contributed by atoms with E-state index in [9.17, 15) is 4.79 Å². The van der Waals surface area contributed by atoms with Gasteiger partial charge in [0.15, 0.2) is 0 Å². The maximum absolute atomic E-state index is 12.5. The van der Waals surface area contributed by atoms with Crippen LogP contribution in [-0.2, 0) is 0 Å². The highest BCUT2D eigenvalue weighted by molar-refractivity contribution is 6.06. The lowest BCUT2D eigenvalue weighted by Gasteiger charge is -2.15. The molecule has 104 valence electrons.